The van der Waals surface area contributed by atoms with Crippen LogP contribution in [-0.4, -0.2) is 10.9 Å². The van der Waals surface area contributed by atoms with Crippen LogP contribution in [0.5, 0.6) is 11.6 Å². The van der Waals surface area contributed by atoms with Crippen molar-refractivity contribution >= 4 is 11.6 Å². The predicted molar refractivity (Wildman–Crippen MR) is 121 cm³/mol. The summed E-state index contributed by atoms with van der Waals surface area (Å²) >= 11 is 0. The van der Waals surface area contributed by atoms with Crippen LogP contribution in [0, 0.1) is 11.6 Å². The number of aromatic nitrogens is 1. The van der Waals surface area contributed by atoms with Crippen molar-refractivity contribution in [3.63, 3.8) is 0 Å². The average molecular weight is 440 g/mol. The number of carbonyl (C=O) groups is 1. The number of pyridine rings is 1. The highest BCUT2D eigenvalue weighted by Crippen LogP contribution is 2.31. The number of primary amides is 1. The molecule has 0 bridgehead atoms. The van der Waals surface area contributed by atoms with Gasteiger partial charge in [0.15, 0.2) is 11.6 Å². The Morgan fingerprint density at radius 2 is 1.84 bits per heavy atom. The number of benzene rings is 2. The van der Waals surface area contributed by atoms with E-state index in [0.717, 1.165) is 31.4 Å². The van der Waals surface area contributed by atoms with E-state index in [0.29, 0.717) is 5.56 Å². The van der Waals surface area contributed by atoms with E-state index in [2.05, 4.69) is 23.3 Å². The molecular formula is C25H27F2N3O2. The number of para-hydroxylation sites is 1. The quantitative estimate of drug-likeness (QED) is 0.371. The number of halogens is 2. The van der Waals surface area contributed by atoms with Crippen LogP contribution < -0.4 is 15.8 Å². The maximum Gasteiger partial charge on any atom is 0.250 e. The van der Waals surface area contributed by atoms with Gasteiger partial charge in [-0.05, 0) is 55.2 Å². The maximum absolute atomic E-state index is 14.7. The molecule has 168 valence electrons. The van der Waals surface area contributed by atoms with Crippen molar-refractivity contribution in [2.24, 2.45) is 5.73 Å². The molecule has 1 atom stereocenters. The van der Waals surface area contributed by atoms with Crippen molar-refractivity contribution in [2.45, 2.75) is 45.6 Å². The topological polar surface area (TPSA) is 77.2 Å². The first-order valence-electron chi connectivity index (χ1n) is 10.7. The number of hydrogen-bond donors (Lipinski definition) is 2. The molecule has 1 amide bonds. The van der Waals surface area contributed by atoms with E-state index in [9.17, 15) is 13.6 Å². The molecule has 3 N–H and O–H groups in total. The van der Waals surface area contributed by atoms with Gasteiger partial charge < -0.3 is 15.8 Å². The summed E-state index contributed by atoms with van der Waals surface area (Å²) in [5.41, 5.74) is 7.91. The summed E-state index contributed by atoms with van der Waals surface area (Å²) in [6.07, 6.45) is 5.52. The van der Waals surface area contributed by atoms with Gasteiger partial charge in [0.25, 0.3) is 0 Å². The summed E-state index contributed by atoms with van der Waals surface area (Å²) in [6.45, 7) is 4.01. The van der Waals surface area contributed by atoms with Gasteiger partial charge in [-0.25, -0.2) is 13.8 Å². The van der Waals surface area contributed by atoms with Crippen LogP contribution in [-0.2, 0) is 6.42 Å². The highest BCUT2D eigenvalue weighted by atomic mass is 19.1. The molecule has 5 nitrogen and oxygen atoms in total. The van der Waals surface area contributed by atoms with Gasteiger partial charge >= 0.3 is 0 Å². The van der Waals surface area contributed by atoms with Crippen molar-refractivity contribution in [3.05, 3.63) is 83.1 Å². The fourth-order valence-electron chi connectivity index (χ4n) is 3.38. The lowest BCUT2D eigenvalue weighted by Crippen LogP contribution is -2.11. The van der Waals surface area contributed by atoms with Crippen molar-refractivity contribution in [1.29, 1.82) is 0 Å². The molecule has 0 saturated carbocycles. The van der Waals surface area contributed by atoms with Gasteiger partial charge in [-0.1, -0.05) is 38.0 Å². The van der Waals surface area contributed by atoms with Gasteiger partial charge in [0, 0.05) is 24.0 Å². The fraction of sp³-hybridized carbons (Fsp3) is 0.280. The van der Waals surface area contributed by atoms with Gasteiger partial charge in [0.2, 0.25) is 17.5 Å². The maximum atomic E-state index is 14.7. The Bertz CT molecular complexity index is 1050. The zero-order valence-electron chi connectivity index (χ0n) is 18.2. The second kappa shape index (κ2) is 10.7. The van der Waals surface area contributed by atoms with E-state index in [1.54, 1.807) is 0 Å². The van der Waals surface area contributed by atoms with E-state index >= 15 is 0 Å². The number of amides is 1. The molecule has 0 aliphatic rings. The first-order valence-corrected chi connectivity index (χ1v) is 10.7. The molecule has 1 unspecified atom stereocenters. The monoisotopic (exact) mass is 439 g/mol. The summed E-state index contributed by atoms with van der Waals surface area (Å²) in [7, 11) is 0. The Kier molecular flexibility index (Phi) is 7.76. The van der Waals surface area contributed by atoms with E-state index in [1.165, 1.54) is 36.0 Å². The number of nitrogens with one attached hydrogen (secondary N) is 1. The molecule has 1 heterocycles. The minimum absolute atomic E-state index is 0.0484. The van der Waals surface area contributed by atoms with Gasteiger partial charge in [-0.15, -0.1) is 0 Å². The average Bonchev–Trinajstić information content (AvgIpc) is 2.77. The zero-order chi connectivity index (χ0) is 23.1. The zero-order valence-corrected chi connectivity index (χ0v) is 18.2. The van der Waals surface area contributed by atoms with Crippen molar-refractivity contribution in [3.8, 4) is 11.6 Å². The molecule has 0 saturated heterocycles. The van der Waals surface area contributed by atoms with Crippen LogP contribution in [0.1, 0.15) is 60.6 Å². The van der Waals surface area contributed by atoms with Gasteiger partial charge in [-0.2, -0.15) is 0 Å². The van der Waals surface area contributed by atoms with Crippen LogP contribution >= 0.6 is 0 Å². The third kappa shape index (κ3) is 5.81. The predicted octanol–water partition coefficient (Wildman–Crippen LogP) is 6.16. The van der Waals surface area contributed by atoms with Crippen molar-refractivity contribution < 1.29 is 18.3 Å². The minimum atomic E-state index is -0.842. The number of unbranched alkanes of at least 4 members (excludes halogenated alkanes) is 2. The molecule has 2 aromatic carbocycles. The molecular weight excluding hydrogens is 412 g/mol. The van der Waals surface area contributed by atoms with E-state index in [1.807, 2.05) is 25.1 Å². The minimum Gasteiger partial charge on any atom is -0.433 e. The summed E-state index contributed by atoms with van der Waals surface area (Å²) in [5.74, 6) is -2.94. The van der Waals surface area contributed by atoms with Crippen LogP contribution in [0.3, 0.4) is 0 Å². The highest BCUT2D eigenvalue weighted by molar-refractivity contribution is 5.92. The Hall–Kier alpha value is -3.48. The molecule has 0 radical (unpaired) electrons. The molecule has 32 heavy (non-hydrogen) atoms. The summed E-state index contributed by atoms with van der Waals surface area (Å²) < 4.78 is 34.7. The highest BCUT2D eigenvalue weighted by Gasteiger charge is 2.18. The lowest BCUT2D eigenvalue weighted by atomic mass is 10.0. The largest absolute Gasteiger partial charge is 0.433 e. The lowest BCUT2D eigenvalue weighted by molar-refractivity contribution is 0.1000. The Balaban J connectivity index is 1.75. The van der Waals surface area contributed by atoms with Crippen LogP contribution in [0.4, 0.5) is 14.5 Å². The number of nitrogens with zero attached hydrogens (tertiary/aromatic N) is 1. The third-order valence-corrected chi connectivity index (χ3v) is 5.19. The van der Waals surface area contributed by atoms with E-state index in [-0.39, 0.29) is 17.5 Å². The fourth-order valence-corrected chi connectivity index (χ4v) is 3.38. The molecule has 0 aliphatic carbocycles. The third-order valence-electron chi connectivity index (χ3n) is 5.19. The van der Waals surface area contributed by atoms with Gasteiger partial charge in [0.05, 0.1) is 5.56 Å². The van der Waals surface area contributed by atoms with Gasteiger partial charge in [0.1, 0.15) is 0 Å². The summed E-state index contributed by atoms with van der Waals surface area (Å²) in [4.78, 5) is 15.0. The Morgan fingerprint density at radius 1 is 1.12 bits per heavy atom. The second-order valence-corrected chi connectivity index (χ2v) is 7.65. The van der Waals surface area contributed by atoms with Crippen LogP contribution in [0.15, 0.2) is 54.7 Å². The Morgan fingerprint density at radius 3 is 2.47 bits per heavy atom. The molecule has 0 fully saturated rings. The summed E-state index contributed by atoms with van der Waals surface area (Å²) in [6, 6.07) is 12.8. The van der Waals surface area contributed by atoms with Crippen molar-refractivity contribution in [2.75, 3.05) is 5.32 Å². The number of aryl methyl sites for hydroxylation is 1. The molecule has 1 aromatic heterocycles. The summed E-state index contributed by atoms with van der Waals surface area (Å²) in [5, 5.41) is 3.36. The number of ether oxygens (including phenoxy) is 1. The molecule has 7 heteroatoms. The molecule has 3 rings (SSSR count). The second-order valence-electron chi connectivity index (χ2n) is 7.65. The SMILES string of the molecule is CCCCCc1ccccc1NC(C)c1cc(F)c(Oc2ccc(C(N)=O)cn2)c(F)c1. The first kappa shape index (κ1) is 23.2. The number of anilines is 1. The number of nitrogens with two attached hydrogens (primary N) is 1. The van der Waals surface area contributed by atoms with Crippen molar-refractivity contribution in [1.82, 2.24) is 4.98 Å². The van der Waals surface area contributed by atoms with Crippen LogP contribution in [0.25, 0.3) is 0 Å². The molecule has 0 spiro atoms. The van der Waals surface area contributed by atoms with Gasteiger partial charge in [-0.3, -0.25) is 4.79 Å². The molecule has 3 aromatic rings. The first-order chi connectivity index (χ1) is 15.4. The normalized spacial score (nSPS) is 11.8. The number of hydrogen-bond acceptors (Lipinski definition) is 4. The van der Waals surface area contributed by atoms with Crippen LogP contribution in [0.2, 0.25) is 0 Å². The smallest absolute Gasteiger partial charge is 0.250 e. The standard InChI is InChI=1S/C25H27F2N3O2/c1-3-4-5-8-17-9-6-7-10-22(17)30-16(2)19-13-20(26)24(21(27)14-19)32-23-12-11-18(15-29-23)25(28)31/h6-7,9-16,30H,3-5,8H2,1-2H3,(H2,28,31). The van der Waals surface area contributed by atoms with E-state index < -0.39 is 23.3 Å². The lowest BCUT2D eigenvalue weighted by Gasteiger charge is -2.19. The number of rotatable bonds is 10. The molecule has 0 aliphatic heterocycles. The Labute approximate surface area is 186 Å². The number of carbonyl (C=O) groups excluding carboxylic acids is 1. The van der Waals surface area contributed by atoms with E-state index in [4.69, 9.17) is 10.5 Å².